The number of hydrogen-bond acceptors (Lipinski definition) is 2. The summed E-state index contributed by atoms with van der Waals surface area (Å²) in [7, 11) is 0. The molecule has 1 aromatic heterocycles. The van der Waals surface area contributed by atoms with Gasteiger partial charge >= 0.3 is 0 Å². The summed E-state index contributed by atoms with van der Waals surface area (Å²) in [6.07, 6.45) is 5.18. The molecule has 1 aromatic carbocycles. The lowest BCUT2D eigenvalue weighted by molar-refractivity contribution is 0.272. The van der Waals surface area contributed by atoms with Gasteiger partial charge in [-0.2, -0.15) is 0 Å². The zero-order valence-corrected chi connectivity index (χ0v) is 9.07. The van der Waals surface area contributed by atoms with Crippen molar-refractivity contribution < 1.29 is 4.74 Å². The SMILES string of the molecule is CCO/C=C/c1c[nH]c(=O)c2ccccc12. The van der Waals surface area contributed by atoms with Crippen molar-refractivity contribution >= 4 is 16.8 Å². The minimum atomic E-state index is -0.0656. The average molecular weight is 215 g/mol. The van der Waals surface area contributed by atoms with Crippen molar-refractivity contribution in [1.29, 1.82) is 0 Å². The van der Waals surface area contributed by atoms with Gasteiger partial charge < -0.3 is 9.72 Å². The highest BCUT2D eigenvalue weighted by Crippen LogP contribution is 2.15. The maximum atomic E-state index is 11.5. The summed E-state index contributed by atoms with van der Waals surface area (Å²) in [5, 5.41) is 1.63. The van der Waals surface area contributed by atoms with Crippen molar-refractivity contribution in [1.82, 2.24) is 4.98 Å². The number of benzene rings is 1. The van der Waals surface area contributed by atoms with Crippen LogP contribution < -0.4 is 5.56 Å². The van der Waals surface area contributed by atoms with Crippen molar-refractivity contribution in [3.05, 3.63) is 52.6 Å². The molecule has 0 fully saturated rings. The Kier molecular flexibility index (Phi) is 3.05. The van der Waals surface area contributed by atoms with Gasteiger partial charge in [0.05, 0.1) is 12.9 Å². The summed E-state index contributed by atoms with van der Waals surface area (Å²) in [4.78, 5) is 14.3. The van der Waals surface area contributed by atoms with E-state index in [4.69, 9.17) is 4.74 Å². The lowest BCUT2D eigenvalue weighted by atomic mass is 10.1. The fourth-order valence-corrected chi connectivity index (χ4v) is 1.59. The molecular formula is C13H13NO2. The van der Waals surface area contributed by atoms with Crippen LogP contribution in [0.15, 0.2) is 41.5 Å². The predicted octanol–water partition coefficient (Wildman–Crippen LogP) is 2.54. The zero-order valence-electron chi connectivity index (χ0n) is 9.07. The lowest BCUT2D eigenvalue weighted by Crippen LogP contribution is -2.05. The van der Waals surface area contributed by atoms with E-state index in [-0.39, 0.29) is 5.56 Å². The fourth-order valence-electron chi connectivity index (χ4n) is 1.59. The fraction of sp³-hybridized carbons (Fsp3) is 0.154. The first-order valence-corrected chi connectivity index (χ1v) is 5.21. The number of aromatic nitrogens is 1. The van der Waals surface area contributed by atoms with Crippen LogP contribution in [-0.2, 0) is 4.74 Å². The Morgan fingerprint density at radius 1 is 1.31 bits per heavy atom. The Balaban J connectivity index is 2.54. The highest BCUT2D eigenvalue weighted by Gasteiger charge is 2.00. The van der Waals surface area contributed by atoms with Crippen LogP contribution in [0.25, 0.3) is 16.8 Å². The Labute approximate surface area is 93.4 Å². The van der Waals surface area contributed by atoms with Crippen LogP contribution >= 0.6 is 0 Å². The van der Waals surface area contributed by atoms with Gasteiger partial charge in [-0.15, -0.1) is 0 Å². The second-order valence-corrected chi connectivity index (χ2v) is 3.38. The monoisotopic (exact) mass is 215 g/mol. The molecule has 0 aliphatic carbocycles. The summed E-state index contributed by atoms with van der Waals surface area (Å²) < 4.78 is 5.14. The van der Waals surface area contributed by atoms with Crippen molar-refractivity contribution in [2.45, 2.75) is 6.92 Å². The van der Waals surface area contributed by atoms with E-state index in [2.05, 4.69) is 4.98 Å². The van der Waals surface area contributed by atoms with Crippen molar-refractivity contribution in [3.8, 4) is 0 Å². The molecule has 0 atom stereocenters. The molecule has 0 radical (unpaired) electrons. The van der Waals surface area contributed by atoms with Crippen LogP contribution in [0.4, 0.5) is 0 Å². The van der Waals surface area contributed by atoms with Crippen LogP contribution in [0.2, 0.25) is 0 Å². The summed E-state index contributed by atoms with van der Waals surface area (Å²) in [6.45, 7) is 2.56. The van der Waals surface area contributed by atoms with Crippen LogP contribution in [-0.4, -0.2) is 11.6 Å². The van der Waals surface area contributed by atoms with Crippen LogP contribution in [0.1, 0.15) is 12.5 Å². The number of ether oxygens (including phenoxy) is 1. The highest BCUT2D eigenvalue weighted by molar-refractivity contribution is 5.89. The van der Waals surface area contributed by atoms with Gasteiger partial charge in [0.2, 0.25) is 0 Å². The third-order valence-corrected chi connectivity index (χ3v) is 2.35. The minimum absolute atomic E-state index is 0.0656. The molecular weight excluding hydrogens is 202 g/mol. The van der Waals surface area contributed by atoms with E-state index in [1.54, 1.807) is 12.5 Å². The average Bonchev–Trinajstić information content (AvgIpc) is 2.33. The molecule has 0 unspecified atom stereocenters. The number of H-pyrrole nitrogens is 1. The van der Waals surface area contributed by atoms with Crippen molar-refractivity contribution in [2.24, 2.45) is 0 Å². The second kappa shape index (κ2) is 4.66. The van der Waals surface area contributed by atoms with E-state index >= 15 is 0 Å². The molecule has 3 nitrogen and oxygen atoms in total. The quantitative estimate of drug-likeness (QED) is 0.799. The molecule has 0 amide bonds. The minimum Gasteiger partial charge on any atom is -0.501 e. The molecule has 0 spiro atoms. The van der Waals surface area contributed by atoms with E-state index < -0.39 is 0 Å². The number of rotatable bonds is 3. The van der Waals surface area contributed by atoms with Crippen LogP contribution in [0, 0.1) is 0 Å². The molecule has 0 aliphatic heterocycles. The maximum absolute atomic E-state index is 11.5. The molecule has 2 aromatic rings. The first kappa shape index (κ1) is 10.5. The van der Waals surface area contributed by atoms with Crippen LogP contribution in [0.5, 0.6) is 0 Å². The Morgan fingerprint density at radius 3 is 2.81 bits per heavy atom. The Hall–Kier alpha value is -2.03. The van der Waals surface area contributed by atoms with Gasteiger partial charge in [-0.3, -0.25) is 4.79 Å². The molecule has 1 heterocycles. The molecule has 1 N–H and O–H groups in total. The van der Waals surface area contributed by atoms with Crippen LogP contribution in [0.3, 0.4) is 0 Å². The standard InChI is InChI=1S/C13H13NO2/c1-2-16-8-7-10-9-14-13(15)12-6-4-3-5-11(10)12/h3-9H,2H2,1H3,(H,14,15)/b8-7+. The molecule has 0 bridgehead atoms. The topological polar surface area (TPSA) is 42.1 Å². The zero-order chi connectivity index (χ0) is 11.4. The molecule has 82 valence electrons. The maximum Gasteiger partial charge on any atom is 0.255 e. The highest BCUT2D eigenvalue weighted by atomic mass is 16.5. The second-order valence-electron chi connectivity index (χ2n) is 3.38. The summed E-state index contributed by atoms with van der Waals surface area (Å²) in [6, 6.07) is 7.51. The molecule has 0 saturated carbocycles. The van der Waals surface area contributed by atoms with Gasteiger partial charge in [-0.1, -0.05) is 18.2 Å². The van der Waals surface area contributed by atoms with Gasteiger partial charge in [0.15, 0.2) is 0 Å². The third kappa shape index (κ3) is 1.98. The predicted molar refractivity (Wildman–Crippen MR) is 65.2 cm³/mol. The number of hydrogen-bond donors (Lipinski definition) is 1. The molecule has 0 saturated heterocycles. The number of nitrogens with one attached hydrogen (secondary N) is 1. The molecule has 0 aliphatic rings. The van der Waals surface area contributed by atoms with Gasteiger partial charge in [-0.25, -0.2) is 0 Å². The molecule has 16 heavy (non-hydrogen) atoms. The van der Waals surface area contributed by atoms with E-state index in [1.807, 2.05) is 37.3 Å². The molecule has 3 heteroatoms. The first-order valence-electron chi connectivity index (χ1n) is 5.21. The number of aromatic amines is 1. The molecule has 2 rings (SSSR count). The number of pyridine rings is 1. The smallest absolute Gasteiger partial charge is 0.255 e. The normalized spacial score (nSPS) is 11.1. The van der Waals surface area contributed by atoms with Gasteiger partial charge in [0, 0.05) is 17.1 Å². The number of fused-ring (bicyclic) bond motifs is 1. The first-order chi connectivity index (χ1) is 7.83. The third-order valence-electron chi connectivity index (χ3n) is 2.35. The summed E-state index contributed by atoms with van der Waals surface area (Å²) >= 11 is 0. The largest absolute Gasteiger partial charge is 0.501 e. The van der Waals surface area contributed by atoms with Crippen molar-refractivity contribution in [2.75, 3.05) is 6.61 Å². The van der Waals surface area contributed by atoms with Gasteiger partial charge in [0.25, 0.3) is 5.56 Å². The Morgan fingerprint density at radius 2 is 2.06 bits per heavy atom. The van der Waals surface area contributed by atoms with Crippen molar-refractivity contribution in [3.63, 3.8) is 0 Å². The summed E-state index contributed by atoms with van der Waals surface area (Å²) in [5.74, 6) is 0. The Bertz CT molecular complexity index is 569. The van der Waals surface area contributed by atoms with E-state index in [9.17, 15) is 4.79 Å². The van der Waals surface area contributed by atoms with Gasteiger partial charge in [0.1, 0.15) is 0 Å². The van der Waals surface area contributed by atoms with E-state index in [0.717, 1.165) is 10.9 Å². The van der Waals surface area contributed by atoms with E-state index in [0.29, 0.717) is 12.0 Å². The van der Waals surface area contributed by atoms with Gasteiger partial charge in [-0.05, 0) is 24.5 Å². The lowest BCUT2D eigenvalue weighted by Gasteiger charge is -2.01. The van der Waals surface area contributed by atoms with E-state index in [1.165, 1.54) is 0 Å². The summed E-state index contributed by atoms with van der Waals surface area (Å²) in [5.41, 5.74) is 0.882.